The fourth-order valence-electron chi connectivity index (χ4n) is 2.83. The van der Waals surface area contributed by atoms with Crippen molar-refractivity contribution in [1.82, 2.24) is 10.2 Å². The van der Waals surface area contributed by atoms with E-state index in [0.29, 0.717) is 0 Å². The van der Waals surface area contributed by atoms with Crippen molar-refractivity contribution in [1.29, 1.82) is 0 Å². The second-order valence-electron chi connectivity index (χ2n) is 6.06. The molecule has 5 nitrogen and oxygen atoms in total. The number of ether oxygens (including phenoxy) is 2. The van der Waals surface area contributed by atoms with E-state index in [1.165, 1.54) is 0 Å². The summed E-state index contributed by atoms with van der Waals surface area (Å²) in [6, 6.07) is 7.93. The second-order valence-corrected chi connectivity index (χ2v) is 6.06. The van der Waals surface area contributed by atoms with Crippen molar-refractivity contribution in [2.45, 2.75) is 26.3 Å². The maximum absolute atomic E-state index is 12.5. The van der Waals surface area contributed by atoms with Crippen LogP contribution in [0, 0.1) is 5.92 Å². The van der Waals surface area contributed by atoms with E-state index in [4.69, 9.17) is 9.47 Å². The standard InChI is InChI=1S/C18H28N2O3/c1-4-17(15-5-7-16(22-3)8-6-15)19-18(21)14(2)13-20-9-11-23-12-10-20/h5-8,14,17H,4,9-13H2,1-3H3,(H,19,21). The molecule has 0 bridgehead atoms. The lowest BCUT2D eigenvalue weighted by Gasteiger charge is -2.29. The number of carbonyl (C=O) groups is 1. The molecule has 0 spiro atoms. The Balaban J connectivity index is 1.89. The number of nitrogens with one attached hydrogen (secondary N) is 1. The number of hydrogen-bond donors (Lipinski definition) is 1. The van der Waals surface area contributed by atoms with Gasteiger partial charge in [0, 0.05) is 25.6 Å². The molecule has 2 atom stereocenters. The van der Waals surface area contributed by atoms with E-state index in [9.17, 15) is 4.79 Å². The molecule has 0 aromatic heterocycles. The highest BCUT2D eigenvalue weighted by atomic mass is 16.5. The Labute approximate surface area is 139 Å². The van der Waals surface area contributed by atoms with Crippen LogP contribution in [0.3, 0.4) is 0 Å². The summed E-state index contributed by atoms with van der Waals surface area (Å²) in [6.45, 7) is 8.21. The zero-order valence-electron chi connectivity index (χ0n) is 14.4. The van der Waals surface area contributed by atoms with E-state index in [1.54, 1.807) is 7.11 Å². The van der Waals surface area contributed by atoms with Crippen LogP contribution in [0.2, 0.25) is 0 Å². The molecule has 1 aliphatic rings. The fraction of sp³-hybridized carbons (Fsp3) is 0.611. The summed E-state index contributed by atoms with van der Waals surface area (Å²) in [6.07, 6.45) is 0.863. The normalized spacial score (nSPS) is 18.2. The largest absolute Gasteiger partial charge is 0.497 e. The van der Waals surface area contributed by atoms with Crippen LogP contribution in [0.4, 0.5) is 0 Å². The third-order valence-corrected chi connectivity index (χ3v) is 4.33. The Bertz CT molecular complexity index is 484. The average Bonchev–Trinajstić information content (AvgIpc) is 2.60. The number of benzene rings is 1. The lowest BCUT2D eigenvalue weighted by molar-refractivity contribution is -0.126. The summed E-state index contributed by atoms with van der Waals surface area (Å²) in [5, 5.41) is 3.17. The van der Waals surface area contributed by atoms with Gasteiger partial charge in [-0.15, -0.1) is 0 Å². The molecule has 5 heteroatoms. The van der Waals surface area contributed by atoms with Gasteiger partial charge in [0.25, 0.3) is 0 Å². The highest BCUT2D eigenvalue weighted by Gasteiger charge is 2.21. The summed E-state index contributed by atoms with van der Waals surface area (Å²) in [7, 11) is 1.65. The molecule has 128 valence electrons. The van der Waals surface area contributed by atoms with Crippen LogP contribution in [0.5, 0.6) is 5.75 Å². The van der Waals surface area contributed by atoms with E-state index in [-0.39, 0.29) is 17.9 Å². The molecule has 1 amide bonds. The highest BCUT2D eigenvalue weighted by molar-refractivity contribution is 5.79. The van der Waals surface area contributed by atoms with E-state index < -0.39 is 0 Å². The van der Waals surface area contributed by atoms with Crippen LogP contribution in [-0.4, -0.2) is 50.8 Å². The predicted octanol–water partition coefficient (Wildman–Crippen LogP) is 2.23. The second kappa shape index (κ2) is 8.89. The molecule has 1 aliphatic heterocycles. The minimum absolute atomic E-state index is 0.0274. The van der Waals surface area contributed by atoms with Crippen molar-refractivity contribution in [3.8, 4) is 5.75 Å². The van der Waals surface area contributed by atoms with Gasteiger partial charge in [0.1, 0.15) is 5.75 Å². The summed E-state index contributed by atoms with van der Waals surface area (Å²) in [4.78, 5) is 14.8. The summed E-state index contributed by atoms with van der Waals surface area (Å²) < 4.78 is 10.5. The first-order chi connectivity index (χ1) is 11.1. The van der Waals surface area contributed by atoms with Crippen LogP contribution in [0.1, 0.15) is 31.9 Å². The van der Waals surface area contributed by atoms with Gasteiger partial charge in [-0.05, 0) is 24.1 Å². The van der Waals surface area contributed by atoms with Gasteiger partial charge in [0.15, 0.2) is 0 Å². The highest BCUT2D eigenvalue weighted by Crippen LogP contribution is 2.20. The molecule has 1 N–H and O–H groups in total. The predicted molar refractivity (Wildman–Crippen MR) is 90.6 cm³/mol. The lowest BCUT2D eigenvalue weighted by Crippen LogP contribution is -2.43. The first kappa shape index (κ1) is 17.8. The van der Waals surface area contributed by atoms with Crippen molar-refractivity contribution in [2.75, 3.05) is 40.0 Å². The molecule has 0 radical (unpaired) electrons. The Hall–Kier alpha value is -1.59. The molecule has 1 fully saturated rings. The van der Waals surface area contributed by atoms with Crippen LogP contribution in [0.25, 0.3) is 0 Å². The molecule has 0 saturated carbocycles. The Morgan fingerprint density at radius 2 is 1.96 bits per heavy atom. The number of amides is 1. The SMILES string of the molecule is CCC(NC(=O)C(C)CN1CCOCC1)c1ccc(OC)cc1. The summed E-state index contributed by atoms with van der Waals surface area (Å²) in [5.41, 5.74) is 1.11. The first-order valence-corrected chi connectivity index (χ1v) is 8.38. The van der Waals surface area contributed by atoms with Crippen LogP contribution < -0.4 is 10.1 Å². The van der Waals surface area contributed by atoms with Gasteiger partial charge in [0.05, 0.1) is 26.4 Å². The van der Waals surface area contributed by atoms with Crippen molar-refractivity contribution in [3.63, 3.8) is 0 Å². The van der Waals surface area contributed by atoms with Gasteiger partial charge in [0.2, 0.25) is 5.91 Å². The third kappa shape index (κ3) is 5.22. The van der Waals surface area contributed by atoms with Crippen LogP contribution in [0.15, 0.2) is 24.3 Å². The van der Waals surface area contributed by atoms with Crippen molar-refractivity contribution >= 4 is 5.91 Å². The number of hydrogen-bond acceptors (Lipinski definition) is 4. The summed E-state index contributed by atoms with van der Waals surface area (Å²) >= 11 is 0. The Morgan fingerprint density at radius 1 is 1.30 bits per heavy atom. The average molecular weight is 320 g/mol. The van der Waals surface area contributed by atoms with E-state index in [1.807, 2.05) is 31.2 Å². The number of carbonyl (C=O) groups excluding carboxylic acids is 1. The third-order valence-electron chi connectivity index (χ3n) is 4.33. The van der Waals surface area contributed by atoms with E-state index in [0.717, 1.165) is 50.6 Å². The topological polar surface area (TPSA) is 50.8 Å². The van der Waals surface area contributed by atoms with Gasteiger partial charge < -0.3 is 14.8 Å². The lowest BCUT2D eigenvalue weighted by atomic mass is 10.0. The molecule has 1 saturated heterocycles. The van der Waals surface area contributed by atoms with E-state index >= 15 is 0 Å². The number of rotatable bonds is 7. The molecule has 23 heavy (non-hydrogen) atoms. The number of methoxy groups -OCH3 is 1. The first-order valence-electron chi connectivity index (χ1n) is 8.38. The summed E-state index contributed by atoms with van der Waals surface area (Å²) in [5.74, 6) is 0.912. The molecule has 0 aliphatic carbocycles. The smallest absolute Gasteiger partial charge is 0.224 e. The number of nitrogens with zero attached hydrogens (tertiary/aromatic N) is 1. The van der Waals surface area contributed by atoms with Crippen molar-refractivity contribution in [3.05, 3.63) is 29.8 Å². The Morgan fingerprint density at radius 3 is 2.52 bits per heavy atom. The number of morpholine rings is 1. The zero-order chi connectivity index (χ0) is 16.7. The molecule has 1 aromatic rings. The van der Waals surface area contributed by atoms with Gasteiger partial charge >= 0.3 is 0 Å². The minimum atomic E-state index is -0.0274. The zero-order valence-corrected chi connectivity index (χ0v) is 14.4. The van der Waals surface area contributed by atoms with Crippen LogP contribution >= 0.6 is 0 Å². The van der Waals surface area contributed by atoms with Crippen molar-refractivity contribution in [2.24, 2.45) is 5.92 Å². The molecule has 1 aromatic carbocycles. The maximum Gasteiger partial charge on any atom is 0.224 e. The van der Waals surface area contributed by atoms with Gasteiger partial charge in [-0.2, -0.15) is 0 Å². The van der Waals surface area contributed by atoms with Crippen LogP contribution in [-0.2, 0) is 9.53 Å². The molecular weight excluding hydrogens is 292 g/mol. The monoisotopic (exact) mass is 320 g/mol. The van der Waals surface area contributed by atoms with Gasteiger partial charge in [-0.3, -0.25) is 9.69 Å². The van der Waals surface area contributed by atoms with Crippen molar-refractivity contribution < 1.29 is 14.3 Å². The van der Waals surface area contributed by atoms with Gasteiger partial charge in [-0.1, -0.05) is 26.0 Å². The molecule has 1 heterocycles. The minimum Gasteiger partial charge on any atom is -0.497 e. The van der Waals surface area contributed by atoms with Gasteiger partial charge in [-0.25, -0.2) is 0 Å². The fourth-order valence-corrected chi connectivity index (χ4v) is 2.83. The quantitative estimate of drug-likeness (QED) is 0.837. The maximum atomic E-state index is 12.5. The molecule has 2 rings (SSSR count). The molecular formula is C18H28N2O3. The van der Waals surface area contributed by atoms with E-state index in [2.05, 4.69) is 17.1 Å². The molecule has 2 unspecified atom stereocenters. The Kier molecular flexibility index (Phi) is 6.86.